The van der Waals surface area contributed by atoms with E-state index in [1.165, 1.54) is 0 Å². The van der Waals surface area contributed by atoms with E-state index in [1.807, 2.05) is 30.3 Å². The van der Waals surface area contributed by atoms with E-state index in [2.05, 4.69) is 0 Å². The molecule has 0 heterocycles. The predicted molar refractivity (Wildman–Crippen MR) is 90.1 cm³/mol. The fourth-order valence-corrected chi connectivity index (χ4v) is 2.20. The number of hydrogen-bond acceptors (Lipinski definition) is 4. The number of hydrogen-bond donors (Lipinski definition) is 1. The first kappa shape index (κ1) is 17.7. The van der Waals surface area contributed by atoms with Crippen molar-refractivity contribution >= 4 is 11.9 Å². The molecule has 0 aliphatic carbocycles. The number of amides is 1. The highest BCUT2D eigenvalue weighted by molar-refractivity contribution is 5.94. The molecule has 126 valence electrons. The van der Waals surface area contributed by atoms with Crippen LogP contribution in [-0.2, 0) is 27.5 Å². The van der Waals surface area contributed by atoms with E-state index in [-0.39, 0.29) is 19.0 Å². The van der Waals surface area contributed by atoms with Gasteiger partial charge in [0.2, 0.25) is 5.91 Å². The molecule has 0 radical (unpaired) electrons. The summed E-state index contributed by atoms with van der Waals surface area (Å²) in [5, 5.41) is 0. The van der Waals surface area contributed by atoms with Crippen molar-refractivity contribution < 1.29 is 19.1 Å². The zero-order valence-corrected chi connectivity index (χ0v) is 13.4. The molecule has 0 aliphatic rings. The molecule has 0 bridgehead atoms. The van der Waals surface area contributed by atoms with Crippen LogP contribution in [-0.4, -0.2) is 18.5 Å². The van der Waals surface area contributed by atoms with Crippen LogP contribution >= 0.6 is 0 Å². The van der Waals surface area contributed by atoms with E-state index in [1.54, 1.807) is 24.3 Å². The van der Waals surface area contributed by atoms with Gasteiger partial charge in [0.1, 0.15) is 6.61 Å². The van der Waals surface area contributed by atoms with Gasteiger partial charge in [0.05, 0.1) is 6.61 Å². The Morgan fingerprint density at radius 3 is 2.38 bits per heavy atom. The summed E-state index contributed by atoms with van der Waals surface area (Å²) < 4.78 is 10.7. The number of rotatable bonds is 9. The maximum atomic E-state index is 11.7. The standard InChI is InChI=1S/C19H21NO4/c20-19(22)17-10-5-4-9-16(17)14-24-18(21)11-6-12-23-13-15-7-2-1-3-8-15/h1-5,7-10H,6,11-14H2,(H2,20,22). The Hall–Kier alpha value is -2.66. The van der Waals surface area contributed by atoms with Gasteiger partial charge in [-0.05, 0) is 18.1 Å². The Labute approximate surface area is 141 Å². The van der Waals surface area contributed by atoms with Crippen molar-refractivity contribution in [3.63, 3.8) is 0 Å². The maximum Gasteiger partial charge on any atom is 0.306 e. The summed E-state index contributed by atoms with van der Waals surface area (Å²) in [6.45, 7) is 1.06. The Morgan fingerprint density at radius 2 is 1.62 bits per heavy atom. The molecule has 0 unspecified atom stereocenters. The number of ether oxygens (including phenoxy) is 2. The van der Waals surface area contributed by atoms with Crippen LogP contribution in [0.1, 0.15) is 34.3 Å². The lowest BCUT2D eigenvalue weighted by molar-refractivity contribution is -0.145. The largest absolute Gasteiger partial charge is 0.461 e. The lowest BCUT2D eigenvalue weighted by Crippen LogP contribution is -2.15. The van der Waals surface area contributed by atoms with E-state index in [0.717, 1.165) is 5.56 Å². The van der Waals surface area contributed by atoms with E-state index >= 15 is 0 Å². The Bertz CT molecular complexity index is 670. The first-order valence-corrected chi connectivity index (χ1v) is 7.82. The SMILES string of the molecule is NC(=O)c1ccccc1COC(=O)CCCOCc1ccccc1. The van der Waals surface area contributed by atoms with Crippen LogP contribution in [0.5, 0.6) is 0 Å². The van der Waals surface area contributed by atoms with Gasteiger partial charge < -0.3 is 15.2 Å². The van der Waals surface area contributed by atoms with Gasteiger partial charge in [-0.25, -0.2) is 0 Å². The zero-order valence-electron chi connectivity index (χ0n) is 13.4. The van der Waals surface area contributed by atoms with Crippen molar-refractivity contribution in [1.29, 1.82) is 0 Å². The van der Waals surface area contributed by atoms with Crippen molar-refractivity contribution in [1.82, 2.24) is 0 Å². The van der Waals surface area contributed by atoms with Crippen LogP contribution in [0.4, 0.5) is 0 Å². The third kappa shape index (κ3) is 5.85. The normalized spacial score (nSPS) is 10.3. The molecule has 0 fully saturated rings. The summed E-state index contributed by atoms with van der Waals surface area (Å²) in [7, 11) is 0. The van der Waals surface area contributed by atoms with Crippen LogP contribution < -0.4 is 5.73 Å². The van der Waals surface area contributed by atoms with Gasteiger partial charge in [-0.1, -0.05) is 48.5 Å². The van der Waals surface area contributed by atoms with Gasteiger partial charge >= 0.3 is 5.97 Å². The highest BCUT2D eigenvalue weighted by Gasteiger charge is 2.09. The fraction of sp³-hybridized carbons (Fsp3) is 0.263. The van der Waals surface area contributed by atoms with Crippen LogP contribution in [0.25, 0.3) is 0 Å². The minimum absolute atomic E-state index is 0.0445. The third-order valence-corrected chi connectivity index (χ3v) is 3.45. The molecule has 2 aromatic rings. The lowest BCUT2D eigenvalue weighted by Gasteiger charge is -2.08. The Morgan fingerprint density at radius 1 is 0.917 bits per heavy atom. The topological polar surface area (TPSA) is 78.6 Å². The molecular weight excluding hydrogens is 306 g/mol. The summed E-state index contributed by atoms with van der Waals surface area (Å²) in [5.74, 6) is -0.853. The van der Waals surface area contributed by atoms with Gasteiger partial charge in [-0.2, -0.15) is 0 Å². The number of carbonyl (C=O) groups is 2. The second-order valence-corrected chi connectivity index (χ2v) is 5.32. The number of carbonyl (C=O) groups excluding carboxylic acids is 2. The van der Waals surface area contributed by atoms with Crippen LogP contribution in [0.2, 0.25) is 0 Å². The molecule has 0 saturated carbocycles. The molecule has 2 rings (SSSR count). The lowest BCUT2D eigenvalue weighted by atomic mass is 10.1. The molecule has 0 spiro atoms. The monoisotopic (exact) mass is 327 g/mol. The quantitative estimate of drug-likeness (QED) is 0.567. The molecule has 5 nitrogen and oxygen atoms in total. The first-order chi connectivity index (χ1) is 11.7. The van der Waals surface area contributed by atoms with Gasteiger partial charge in [-0.15, -0.1) is 0 Å². The summed E-state index contributed by atoms with van der Waals surface area (Å²) in [6.07, 6.45) is 0.858. The molecule has 0 atom stereocenters. The first-order valence-electron chi connectivity index (χ1n) is 7.82. The molecule has 5 heteroatoms. The molecule has 2 aromatic carbocycles. The van der Waals surface area contributed by atoms with Gasteiger partial charge in [0, 0.05) is 24.2 Å². The van der Waals surface area contributed by atoms with Gasteiger partial charge in [0.15, 0.2) is 0 Å². The predicted octanol–water partition coefficient (Wildman–Crippen LogP) is 2.83. The summed E-state index contributed by atoms with van der Waals surface area (Å²) in [6, 6.07) is 16.7. The van der Waals surface area contributed by atoms with Crippen molar-refractivity contribution in [2.75, 3.05) is 6.61 Å². The van der Waals surface area contributed by atoms with Crippen molar-refractivity contribution in [2.24, 2.45) is 5.73 Å². The van der Waals surface area contributed by atoms with Crippen molar-refractivity contribution in [2.45, 2.75) is 26.1 Å². The number of nitrogens with two attached hydrogens (primary N) is 1. The smallest absolute Gasteiger partial charge is 0.306 e. The molecule has 2 N–H and O–H groups in total. The van der Waals surface area contributed by atoms with E-state index in [0.29, 0.717) is 30.8 Å². The number of primary amides is 1. The summed E-state index contributed by atoms with van der Waals surface area (Å²) in [4.78, 5) is 23.0. The van der Waals surface area contributed by atoms with Crippen molar-refractivity contribution in [3.05, 3.63) is 71.3 Å². The van der Waals surface area contributed by atoms with E-state index in [9.17, 15) is 9.59 Å². The second kappa shape index (κ2) is 9.47. The van der Waals surface area contributed by atoms with Crippen LogP contribution in [0.3, 0.4) is 0 Å². The molecule has 0 aliphatic heterocycles. The second-order valence-electron chi connectivity index (χ2n) is 5.32. The van der Waals surface area contributed by atoms with E-state index < -0.39 is 5.91 Å². The summed E-state index contributed by atoms with van der Waals surface area (Å²) >= 11 is 0. The van der Waals surface area contributed by atoms with Gasteiger partial charge in [0.25, 0.3) is 0 Å². The Kier molecular flexibility index (Phi) is 6.98. The van der Waals surface area contributed by atoms with Crippen molar-refractivity contribution in [3.8, 4) is 0 Å². The molecule has 0 saturated heterocycles. The molecule has 24 heavy (non-hydrogen) atoms. The number of esters is 1. The zero-order chi connectivity index (χ0) is 17.2. The summed E-state index contributed by atoms with van der Waals surface area (Å²) in [5.41, 5.74) is 7.37. The Balaban J connectivity index is 1.64. The molecule has 0 aromatic heterocycles. The highest BCUT2D eigenvalue weighted by Crippen LogP contribution is 2.10. The average Bonchev–Trinajstić information content (AvgIpc) is 2.60. The fourth-order valence-electron chi connectivity index (χ4n) is 2.20. The average molecular weight is 327 g/mol. The minimum atomic E-state index is -0.532. The van der Waals surface area contributed by atoms with Crippen LogP contribution in [0.15, 0.2) is 54.6 Å². The molecular formula is C19H21NO4. The molecule has 1 amide bonds. The third-order valence-electron chi connectivity index (χ3n) is 3.45. The van der Waals surface area contributed by atoms with Crippen LogP contribution in [0, 0.1) is 0 Å². The highest BCUT2D eigenvalue weighted by atomic mass is 16.5. The number of benzene rings is 2. The minimum Gasteiger partial charge on any atom is -0.461 e. The maximum absolute atomic E-state index is 11.7. The van der Waals surface area contributed by atoms with E-state index in [4.69, 9.17) is 15.2 Å². The van der Waals surface area contributed by atoms with Gasteiger partial charge in [-0.3, -0.25) is 9.59 Å².